The Morgan fingerprint density at radius 1 is 1.00 bits per heavy atom. The highest BCUT2D eigenvalue weighted by Crippen LogP contribution is 2.22. The lowest BCUT2D eigenvalue weighted by molar-refractivity contribution is -0.299. The highest BCUT2D eigenvalue weighted by molar-refractivity contribution is 9.10. The van der Waals surface area contributed by atoms with Crippen LogP contribution >= 0.6 is 15.9 Å². The molecule has 0 saturated heterocycles. The molecule has 0 aromatic heterocycles. The molecule has 0 unspecified atom stereocenters. The first-order valence-electron chi connectivity index (χ1n) is 7.77. The van der Waals surface area contributed by atoms with Crippen molar-refractivity contribution in [2.45, 2.75) is 26.2 Å². The summed E-state index contributed by atoms with van der Waals surface area (Å²) < 4.78 is 0.877. The van der Waals surface area contributed by atoms with Crippen molar-refractivity contribution in [3.63, 3.8) is 0 Å². The van der Waals surface area contributed by atoms with Crippen molar-refractivity contribution < 1.29 is 14.7 Å². The summed E-state index contributed by atoms with van der Waals surface area (Å²) in [5, 5.41) is 13.7. The van der Waals surface area contributed by atoms with Gasteiger partial charge < -0.3 is 15.2 Å². The molecular formula is C20H19BrNO3-. The molecule has 0 atom stereocenters. The molecule has 25 heavy (non-hydrogen) atoms. The van der Waals surface area contributed by atoms with E-state index in [-0.39, 0.29) is 11.1 Å². The number of halogens is 1. The van der Waals surface area contributed by atoms with Crippen LogP contribution in [0.25, 0.3) is 6.08 Å². The Morgan fingerprint density at radius 3 is 2.04 bits per heavy atom. The largest absolute Gasteiger partial charge is 0.543 e. The van der Waals surface area contributed by atoms with Gasteiger partial charge in [0.05, 0.1) is 11.7 Å². The van der Waals surface area contributed by atoms with Gasteiger partial charge in [0.1, 0.15) is 0 Å². The van der Waals surface area contributed by atoms with Gasteiger partial charge in [0.2, 0.25) is 0 Å². The predicted molar refractivity (Wildman–Crippen MR) is 99.7 cm³/mol. The van der Waals surface area contributed by atoms with E-state index in [1.54, 1.807) is 36.4 Å². The normalized spacial score (nSPS) is 11.9. The Balaban J connectivity index is 2.20. The zero-order valence-corrected chi connectivity index (χ0v) is 15.9. The Kier molecular flexibility index (Phi) is 5.80. The second-order valence-corrected chi connectivity index (χ2v) is 7.59. The van der Waals surface area contributed by atoms with Crippen molar-refractivity contribution in [3.8, 4) is 0 Å². The maximum atomic E-state index is 12.3. The van der Waals surface area contributed by atoms with Crippen LogP contribution in [0.4, 0.5) is 0 Å². The average Bonchev–Trinajstić information content (AvgIpc) is 2.55. The molecule has 0 aliphatic carbocycles. The number of benzene rings is 2. The van der Waals surface area contributed by atoms with Crippen LogP contribution in [0.5, 0.6) is 0 Å². The van der Waals surface area contributed by atoms with Gasteiger partial charge in [0.25, 0.3) is 5.91 Å². The predicted octanol–water partition coefficient (Wildman–Crippen LogP) is 3.27. The molecule has 4 nitrogen and oxygen atoms in total. The lowest BCUT2D eigenvalue weighted by Gasteiger charge is -2.19. The summed E-state index contributed by atoms with van der Waals surface area (Å²) in [6, 6.07) is 14.1. The monoisotopic (exact) mass is 400 g/mol. The van der Waals surface area contributed by atoms with Crippen LogP contribution in [0.2, 0.25) is 0 Å². The zero-order valence-electron chi connectivity index (χ0n) is 14.3. The van der Waals surface area contributed by atoms with Crippen LogP contribution in [0.3, 0.4) is 0 Å². The maximum Gasteiger partial charge on any atom is 0.255 e. The fourth-order valence-corrected chi connectivity index (χ4v) is 2.45. The summed E-state index contributed by atoms with van der Waals surface area (Å²) in [4.78, 5) is 23.6. The number of carboxylic acid groups (broad SMARTS) is 1. The lowest BCUT2D eigenvalue weighted by atomic mass is 9.87. The number of hydrogen-bond acceptors (Lipinski definition) is 3. The summed E-state index contributed by atoms with van der Waals surface area (Å²) >= 11 is 3.31. The summed E-state index contributed by atoms with van der Waals surface area (Å²) in [5.74, 6) is -1.93. The SMILES string of the molecule is CC(C)(C)c1ccc(C(=O)N/C(=C/c2ccc(Br)cc2)C(=O)[O-])cc1. The lowest BCUT2D eigenvalue weighted by Crippen LogP contribution is -2.35. The Hall–Kier alpha value is -2.40. The van der Waals surface area contributed by atoms with E-state index < -0.39 is 11.9 Å². The van der Waals surface area contributed by atoms with Crippen molar-refractivity contribution in [2.75, 3.05) is 0 Å². The van der Waals surface area contributed by atoms with Crippen molar-refractivity contribution in [2.24, 2.45) is 0 Å². The van der Waals surface area contributed by atoms with Crippen LogP contribution < -0.4 is 10.4 Å². The topological polar surface area (TPSA) is 69.2 Å². The van der Waals surface area contributed by atoms with E-state index in [4.69, 9.17) is 0 Å². The van der Waals surface area contributed by atoms with Crippen LogP contribution in [0.1, 0.15) is 42.3 Å². The number of nitrogens with one attached hydrogen (secondary N) is 1. The minimum absolute atomic E-state index is 0.0212. The molecule has 0 spiro atoms. The molecule has 2 aromatic rings. The fraction of sp³-hybridized carbons (Fsp3) is 0.200. The van der Waals surface area contributed by atoms with Gasteiger partial charge in [-0.05, 0) is 46.9 Å². The molecule has 0 radical (unpaired) electrons. The first-order chi connectivity index (χ1) is 11.7. The van der Waals surface area contributed by atoms with E-state index in [2.05, 4.69) is 42.0 Å². The summed E-state index contributed by atoms with van der Waals surface area (Å²) in [6.45, 7) is 6.24. The molecule has 2 rings (SSSR count). The number of carboxylic acids is 1. The van der Waals surface area contributed by atoms with Crippen molar-refractivity contribution in [1.29, 1.82) is 0 Å². The molecule has 1 amide bonds. The number of rotatable bonds is 4. The quantitative estimate of drug-likeness (QED) is 0.800. The Bertz CT molecular complexity index is 800. The van der Waals surface area contributed by atoms with Gasteiger partial charge in [-0.15, -0.1) is 0 Å². The second-order valence-electron chi connectivity index (χ2n) is 6.68. The number of amides is 1. The molecule has 0 saturated carbocycles. The molecule has 0 bridgehead atoms. The van der Waals surface area contributed by atoms with Crippen LogP contribution in [-0.2, 0) is 10.2 Å². The van der Waals surface area contributed by atoms with Gasteiger partial charge in [-0.1, -0.05) is 61.0 Å². The molecule has 2 aromatic carbocycles. The number of aliphatic carboxylic acids is 1. The average molecular weight is 401 g/mol. The standard InChI is InChI=1S/C20H20BrNO3/c1-20(2,3)15-8-6-14(7-9-15)18(23)22-17(19(24)25)12-13-4-10-16(21)11-5-13/h4-12H,1-3H3,(H,22,23)(H,24,25)/p-1/b17-12+. The zero-order chi connectivity index (χ0) is 18.6. The molecule has 0 aliphatic heterocycles. The van der Waals surface area contributed by atoms with Gasteiger partial charge in [0, 0.05) is 10.0 Å². The highest BCUT2D eigenvalue weighted by Gasteiger charge is 2.15. The first-order valence-corrected chi connectivity index (χ1v) is 8.56. The summed E-state index contributed by atoms with van der Waals surface area (Å²) in [5.41, 5.74) is 1.82. The molecule has 0 aliphatic rings. The highest BCUT2D eigenvalue weighted by atomic mass is 79.9. The van der Waals surface area contributed by atoms with Crippen molar-refractivity contribution in [3.05, 3.63) is 75.4 Å². The van der Waals surface area contributed by atoms with Gasteiger partial charge in [0.15, 0.2) is 0 Å². The van der Waals surface area contributed by atoms with E-state index in [0.29, 0.717) is 11.1 Å². The van der Waals surface area contributed by atoms with Crippen molar-refractivity contribution >= 4 is 33.9 Å². The van der Waals surface area contributed by atoms with Gasteiger partial charge in [-0.25, -0.2) is 0 Å². The first kappa shape index (κ1) is 18.9. The Morgan fingerprint density at radius 2 is 1.56 bits per heavy atom. The minimum Gasteiger partial charge on any atom is -0.543 e. The van der Waals surface area contributed by atoms with E-state index in [1.165, 1.54) is 6.08 Å². The van der Waals surface area contributed by atoms with Crippen molar-refractivity contribution in [1.82, 2.24) is 5.32 Å². The van der Waals surface area contributed by atoms with Gasteiger partial charge in [-0.3, -0.25) is 4.79 Å². The number of hydrogen-bond donors (Lipinski definition) is 1. The molecule has 5 heteroatoms. The van der Waals surface area contributed by atoms with E-state index in [9.17, 15) is 14.7 Å². The second kappa shape index (κ2) is 7.66. The van der Waals surface area contributed by atoms with E-state index >= 15 is 0 Å². The number of carbonyl (C=O) groups is 2. The van der Waals surface area contributed by atoms with Gasteiger partial charge >= 0.3 is 0 Å². The molecule has 1 N–H and O–H groups in total. The third-order valence-electron chi connectivity index (χ3n) is 3.66. The smallest absolute Gasteiger partial charge is 0.255 e. The van der Waals surface area contributed by atoms with Crippen LogP contribution in [0, 0.1) is 0 Å². The third-order valence-corrected chi connectivity index (χ3v) is 4.19. The molecule has 130 valence electrons. The third kappa shape index (κ3) is 5.29. The van der Waals surface area contributed by atoms with E-state index in [0.717, 1.165) is 10.0 Å². The molecular weight excluding hydrogens is 382 g/mol. The summed E-state index contributed by atoms with van der Waals surface area (Å²) in [7, 11) is 0. The van der Waals surface area contributed by atoms with Gasteiger partial charge in [-0.2, -0.15) is 0 Å². The van der Waals surface area contributed by atoms with Crippen LogP contribution in [-0.4, -0.2) is 11.9 Å². The fourth-order valence-electron chi connectivity index (χ4n) is 2.19. The maximum absolute atomic E-state index is 12.3. The van der Waals surface area contributed by atoms with Crippen LogP contribution in [0.15, 0.2) is 58.7 Å². The summed E-state index contributed by atoms with van der Waals surface area (Å²) in [6.07, 6.45) is 1.36. The molecule has 0 fully saturated rings. The molecule has 0 heterocycles. The Labute approximate surface area is 155 Å². The van der Waals surface area contributed by atoms with E-state index in [1.807, 2.05) is 12.1 Å². The number of carbonyl (C=O) groups excluding carboxylic acids is 2. The minimum atomic E-state index is -1.44.